The normalized spacial score (nSPS) is 14.5. The largest absolute Gasteiger partial charge is 0.339 e. The molecule has 0 spiro atoms. The van der Waals surface area contributed by atoms with Crippen LogP contribution in [0, 0.1) is 0 Å². The lowest BCUT2D eigenvalue weighted by Crippen LogP contribution is -2.40. The van der Waals surface area contributed by atoms with E-state index in [0.717, 1.165) is 29.7 Å². The van der Waals surface area contributed by atoms with Gasteiger partial charge in [-0.3, -0.25) is 4.79 Å². The molecule has 1 aromatic heterocycles. The summed E-state index contributed by atoms with van der Waals surface area (Å²) in [6.07, 6.45) is 1.50. The summed E-state index contributed by atoms with van der Waals surface area (Å²) in [6, 6.07) is 14.8. The molecule has 8 heteroatoms. The SMILES string of the molecule is CCc1nc2ccccc2n1CC(=O)N1CCCN(C(=O)Nc2cccc(Cl)c2)CC1. The highest BCUT2D eigenvalue weighted by Crippen LogP contribution is 2.18. The minimum absolute atomic E-state index is 0.0509. The van der Waals surface area contributed by atoms with Gasteiger partial charge in [0.15, 0.2) is 0 Å². The Hall–Kier alpha value is -3.06. The zero-order chi connectivity index (χ0) is 21.8. The average Bonchev–Trinajstić information content (AvgIpc) is 2.94. The molecule has 0 aliphatic carbocycles. The maximum atomic E-state index is 13.1. The first kappa shape index (κ1) is 21.2. The Morgan fingerprint density at radius 2 is 1.81 bits per heavy atom. The maximum absolute atomic E-state index is 13.1. The quantitative estimate of drug-likeness (QED) is 0.667. The summed E-state index contributed by atoms with van der Waals surface area (Å²) in [5.74, 6) is 0.960. The first-order chi connectivity index (χ1) is 15.0. The first-order valence-corrected chi connectivity index (χ1v) is 11.0. The van der Waals surface area contributed by atoms with E-state index in [-0.39, 0.29) is 18.5 Å². The highest BCUT2D eigenvalue weighted by Gasteiger charge is 2.23. The number of amides is 3. The number of para-hydroxylation sites is 2. The van der Waals surface area contributed by atoms with Crippen LogP contribution in [0.3, 0.4) is 0 Å². The summed E-state index contributed by atoms with van der Waals surface area (Å²) in [7, 11) is 0. The number of carbonyl (C=O) groups is 2. The number of fused-ring (bicyclic) bond motifs is 1. The van der Waals surface area contributed by atoms with Crippen molar-refractivity contribution < 1.29 is 9.59 Å². The van der Waals surface area contributed by atoms with Gasteiger partial charge in [-0.05, 0) is 36.8 Å². The van der Waals surface area contributed by atoms with Crippen LogP contribution in [0.15, 0.2) is 48.5 Å². The van der Waals surface area contributed by atoms with Crippen molar-refractivity contribution in [3.8, 4) is 0 Å². The monoisotopic (exact) mass is 439 g/mol. The Balaban J connectivity index is 1.40. The van der Waals surface area contributed by atoms with Crippen molar-refractivity contribution in [3.63, 3.8) is 0 Å². The van der Waals surface area contributed by atoms with E-state index in [9.17, 15) is 9.59 Å². The van der Waals surface area contributed by atoms with Gasteiger partial charge < -0.3 is 19.7 Å². The minimum atomic E-state index is -0.176. The lowest BCUT2D eigenvalue weighted by molar-refractivity contribution is -0.131. The molecule has 31 heavy (non-hydrogen) atoms. The molecule has 3 amide bonds. The molecular weight excluding hydrogens is 414 g/mol. The smallest absolute Gasteiger partial charge is 0.321 e. The summed E-state index contributed by atoms with van der Waals surface area (Å²) in [5, 5.41) is 3.46. The van der Waals surface area contributed by atoms with Crippen molar-refractivity contribution in [1.29, 1.82) is 0 Å². The van der Waals surface area contributed by atoms with E-state index in [1.54, 1.807) is 29.2 Å². The fourth-order valence-electron chi connectivity index (χ4n) is 3.95. The lowest BCUT2D eigenvalue weighted by atomic mass is 10.3. The van der Waals surface area contributed by atoms with Crippen molar-refractivity contribution in [3.05, 3.63) is 59.4 Å². The third-order valence-corrected chi connectivity index (χ3v) is 5.79. The van der Waals surface area contributed by atoms with Crippen LogP contribution in [0.4, 0.5) is 10.5 Å². The number of benzene rings is 2. The fourth-order valence-corrected chi connectivity index (χ4v) is 4.14. The standard InChI is InChI=1S/C23H26ClN5O2/c1-2-21-26-19-9-3-4-10-20(19)29(21)16-22(30)27-11-6-12-28(14-13-27)23(31)25-18-8-5-7-17(24)15-18/h3-5,7-10,15H,2,6,11-14,16H2,1H3,(H,25,31). The molecule has 1 aliphatic heterocycles. The van der Waals surface area contributed by atoms with E-state index in [4.69, 9.17) is 11.6 Å². The summed E-state index contributed by atoms with van der Waals surface area (Å²) in [5.41, 5.74) is 2.55. The minimum Gasteiger partial charge on any atom is -0.339 e. The van der Waals surface area contributed by atoms with Crippen molar-refractivity contribution >= 4 is 40.3 Å². The maximum Gasteiger partial charge on any atom is 0.321 e. The number of nitrogens with one attached hydrogen (secondary N) is 1. The zero-order valence-corrected chi connectivity index (χ0v) is 18.3. The third-order valence-electron chi connectivity index (χ3n) is 5.55. The van der Waals surface area contributed by atoms with E-state index < -0.39 is 0 Å². The van der Waals surface area contributed by atoms with Gasteiger partial charge in [0.1, 0.15) is 12.4 Å². The van der Waals surface area contributed by atoms with Crippen LogP contribution in [0.1, 0.15) is 19.2 Å². The van der Waals surface area contributed by atoms with Gasteiger partial charge in [-0.2, -0.15) is 0 Å². The van der Waals surface area contributed by atoms with Crippen LogP contribution in [0.25, 0.3) is 11.0 Å². The summed E-state index contributed by atoms with van der Waals surface area (Å²) in [6.45, 7) is 4.54. The average molecular weight is 440 g/mol. The van der Waals surface area contributed by atoms with Crippen LogP contribution in [-0.4, -0.2) is 57.5 Å². The molecule has 0 unspecified atom stereocenters. The number of urea groups is 1. The molecular formula is C23H26ClN5O2. The number of rotatable bonds is 4. The van der Waals surface area contributed by atoms with Crippen molar-refractivity contribution in [2.75, 3.05) is 31.5 Å². The van der Waals surface area contributed by atoms with E-state index in [1.165, 1.54) is 0 Å². The summed E-state index contributed by atoms with van der Waals surface area (Å²) in [4.78, 5) is 34.0. The molecule has 2 heterocycles. The lowest BCUT2D eigenvalue weighted by Gasteiger charge is -2.23. The summed E-state index contributed by atoms with van der Waals surface area (Å²) >= 11 is 5.99. The molecule has 1 saturated heterocycles. The molecule has 0 bridgehead atoms. The van der Waals surface area contributed by atoms with E-state index in [2.05, 4.69) is 10.3 Å². The number of imidazole rings is 1. The number of carbonyl (C=O) groups excluding carboxylic acids is 2. The molecule has 1 aliphatic rings. The molecule has 2 aromatic carbocycles. The molecule has 3 aromatic rings. The second kappa shape index (κ2) is 9.39. The van der Waals surface area contributed by atoms with Gasteiger partial charge in [-0.1, -0.05) is 36.7 Å². The fraction of sp³-hybridized carbons (Fsp3) is 0.348. The Bertz CT molecular complexity index is 1100. The van der Waals surface area contributed by atoms with Crippen LogP contribution >= 0.6 is 11.6 Å². The number of hydrogen-bond acceptors (Lipinski definition) is 3. The number of aryl methyl sites for hydroxylation is 1. The Kier molecular flexibility index (Phi) is 6.42. The molecule has 7 nitrogen and oxygen atoms in total. The van der Waals surface area contributed by atoms with E-state index >= 15 is 0 Å². The number of hydrogen-bond donors (Lipinski definition) is 1. The molecule has 4 rings (SSSR count). The highest BCUT2D eigenvalue weighted by molar-refractivity contribution is 6.30. The Morgan fingerprint density at radius 1 is 1.03 bits per heavy atom. The molecule has 0 atom stereocenters. The molecule has 0 radical (unpaired) electrons. The molecule has 162 valence electrons. The molecule has 1 fully saturated rings. The van der Waals surface area contributed by atoms with E-state index in [0.29, 0.717) is 36.9 Å². The number of anilines is 1. The second-order valence-corrected chi connectivity index (χ2v) is 8.05. The highest BCUT2D eigenvalue weighted by atomic mass is 35.5. The first-order valence-electron chi connectivity index (χ1n) is 10.6. The Labute approximate surface area is 186 Å². The van der Waals surface area contributed by atoms with E-state index in [1.807, 2.05) is 40.7 Å². The van der Waals surface area contributed by atoms with Gasteiger partial charge in [-0.15, -0.1) is 0 Å². The van der Waals surface area contributed by atoms with Crippen LogP contribution in [-0.2, 0) is 17.8 Å². The zero-order valence-electron chi connectivity index (χ0n) is 17.6. The van der Waals surface area contributed by atoms with Gasteiger partial charge in [0.2, 0.25) is 5.91 Å². The number of aromatic nitrogens is 2. The third kappa shape index (κ3) is 4.82. The molecule has 1 N–H and O–H groups in total. The number of halogens is 1. The van der Waals surface area contributed by atoms with Gasteiger partial charge in [-0.25, -0.2) is 9.78 Å². The van der Waals surface area contributed by atoms with Crippen molar-refractivity contribution in [2.24, 2.45) is 0 Å². The van der Waals surface area contributed by atoms with Crippen LogP contribution < -0.4 is 5.32 Å². The predicted octanol–water partition coefficient (Wildman–Crippen LogP) is 4.02. The van der Waals surface area contributed by atoms with Gasteiger partial charge in [0.05, 0.1) is 11.0 Å². The van der Waals surface area contributed by atoms with Crippen LogP contribution in [0.2, 0.25) is 5.02 Å². The predicted molar refractivity (Wildman–Crippen MR) is 122 cm³/mol. The van der Waals surface area contributed by atoms with Crippen molar-refractivity contribution in [2.45, 2.75) is 26.3 Å². The van der Waals surface area contributed by atoms with Crippen LogP contribution in [0.5, 0.6) is 0 Å². The van der Waals surface area contributed by atoms with Gasteiger partial charge in [0, 0.05) is 43.3 Å². The molecule has 0 saturated carbocycles. The van der Waals surface area contributed by atoms with Gasteiger partial charge >= 0.3 is 6.03 Å². The Morgan fingerprint density at radius 3 is 2.61 bits per heavy atom. The van der Waals surface area contributed by atoms with Crippen molar-refractivity contribution in [1.82, 2.24) is 19.4 Å². The topological polar surface area (TPSA) is 70.5 Å². The number of nitrogens with zero attached hydrogens (tertiary/aromatic N) is 4. The second-order valence-electron chi connectivity index (χ2n) is 7.62. The summed E-state index contributed by atoms with van der Waals surface area (Å²) < 4.78 is 2.01. The van der Waals surface area contributed by atoms with Gasteiger partial charge in [0.25, 0.3) is 0 Å².